The number of hydrogen-bond acceptors (Lipinski definition) is 5. The maximum Gasteiger partial charge on any atom is 0.253 e. The summed E-state index contributed by atoms with van der Waals surface area (Å²) in [5.41, 5.74) is 3.18. The van der Waals surface area contributed by atoms with Crippen molar-refractivity contribution in [2.75, 3.05) is 12.0 Å². The number of pyridine rings is 1. The molecule has 0 radical (unpaired) electrons. The van der Waals surface area contributed by atoms with Crippen molar-refractivity contribution in [1.29, 1.82) is 0 Å². The quantitative estimate of drug-likeness (QED) is 0.433. The SMILES string of the molecule is CC[C@H](NC(=O)c1ccc(N2[C@@H]3CC[C@H]2C[C@@H](NC(=O)c2cccc(OC)c2C)C3)nc1)c1ccccc1. The largest absolute Gasteiger partial charge is 0.496 e. The molecular formula is C31H36N4O3. The molecule has 0 saturated carbocycles. The van der Waals surface area contributed by atoms with Crippen LogP contribution in [0.1, 0.15) is 76.9 Å². The number of fused-ring (bicyclic) bond motifs is 2. The van der Waals surface area contributed by atoms with Crippen molar-refractivity contribution in [3.05, 3.63) is 89.1 Å². The van der Waals surface area contributed by atoms with Gasteiger partial charge in [-0.3, -0.25) is 9.59 Å². The summed E-state index contributed by atoms with van der Waals surface area (Å²) in [6, 6.07) is 20.2. The summed E-state index contributed by atoms with van der Waals surface area (Å²) in [6.45, 7) is 3.98. The van der Waals surface area contributed by atoms with Crippen LogP contribution in [-0.4, -0.2) is 42.0 Å². The smallest absolute Gasteiger partial charge is 0.253 e. The number of nitrogens with zero attached hydrogens (tertiary/aromatic N) is 2. The monoisotopic (exact) mass is 512 g/mol. The Morgan fingerprint density at radius 3 is 2.37 bits per heavy atom. The fourth-order valence-corrected chi connectivity index (χ4v) is 6.03. The minimum Gasteiger partial charge on any atom is -0.496 e. The van der Waals surface area contributed by atoms with Crippen LogP contribution in [0.4, 0.5) is 5.82 Å². The van der Waals surface area contributed by atoms with E-state index in [1.54, 1.807) is 13.3 Å². The highest BCUT2D eigenvalue weighted by Gasteiger charge is 2.42. The first kappa shape index (κ1) is 25.8. The average molecular weight is 513 g/mol. The van der Waals surface area contributed by atoms with Crippen molar-refractivity contribution in [2.45, 2.75) is 70.1 Å². The Balaban J connectivity index is 1.22. The molecule has 2 aromatic carbocycles. The van der Waals surface area contributed by atoms with Gasteiger partial charge in [-0.15, -0.1) is 0 Å². The number of ether oxygens (including phenoxy) is 1. The molecule has 2 bridgehead atoms. The molecule has 3 heterocycles. The van der Waals surface area contributed by atoms with E-state index < -0.39 is 0 Å². The molecular weight excluding hydrogens is 476 g/mol. The minimum atomic E-state index is -0.114. The minimum absolute atomic E-state index is 0.0331. The number of carbonyl (C=O) groups excluding carboxylic acids is 2. The predicted octanol–water partition coefficient (Wildman–Crippen LogP) is 5.21. The van der Waals surface area contributed by atoms with Gasteiger partial charge >= 0.3 is 0 Å². The molecule has 0 spiro atoms. The van der Waals surface area contributed by atoms with Crippen molar-refractivity contribution in [2.24, 2.45) is 0 Å². The van der Waals surface area contributed by atoms with E-state index in [4.69, 9.17) is 9.72 Å². The standard InChI is InChI=1S/C31H36N4O3/c1-4-27(21-9-6-5-7-10-21)34-30(36)22-13-16-29(32-19-22)35-24-14-15-25(35)18-23(17-24)33-31(37)26-11-8-12-28(38-3)20(26)2/h5-13,16,19,23-25,27H,4,14-15,17-18H2,1-3H3,(H,33,37)(H,34,36)/t23-,24+,25-,27-/m0/s1. The number of amides is 2. The molecule has 0 unspecified atom stereocenters. The van der Waals surface area contributed by atoms with E-state index in [0.29, 0.717) is 23.2 Å². The van der Waals surface area contributed by atoms with Crippen LogP contribution in [0.2, 0.25) is 0 Å². The van der Waals surface area contributed by atoms with Gasteiger partial charge in [0.1, 0.15) is 11.6 Å². The highest BCUT2D eigenvalue weighted by Crippen LogP contribution is 2.38. The number of methoxy groups -OCH3 is 1. The molecule has 198 valence electrons. The maximum absolute atomic E-state index is 13.0. The molecule has 2 saturated heterocycles. The number of nitrogens with one attached hydrogen (secondary N) is 2. The van der Waals surface area contributed by atoms with Crippen LogP contribution in [0.3, 0.4) is 0 Å². The summed E-state index contributed by atoms with van der Waals surface area (Å²) < 4.78 is 5.38. The fourth-order valence-electron chi connectivity index (χ4n) is 6.03. The van der Waals surface area contributed by atoms with Crippen molar-refractivity contribution in [3.8, 4) is 5.75 Å². The number of aromatic nitrogens is 1. The summed E-state index contributed by atoms with van der Waals surface area (Å²) in [5, 5.41) is 6.40. The number of anilines is 1. The second kappa shape index (κ2) is 11.3. The second-order valence-electron chi connectivity index (χ2n) is 10.3. The third-order valence-corrected chi connectivity index (χ3v) is 8.01. The van der Waals surface area contributed by atoms with Crippen LogP contribution < -0.4 is 20.3 Å². The van der Waals surface area contributed by atoms with Crippen LogP contribution in [-0.2, 0) is 0 Å². The van der Waals surface area contributed by atoms with E-state index in [0.717, 1.165) is 54.8 Å². The lowest BCUT2D eigenvalue weighted by atomic mass is 9.96. The summed E-state index contributed by atoms with van der Waals surface area (Å²) in [5.74, 6) is 1.46. The van der Waals surface area contributed by atoms with Gasteiger partial charge in [0.05, 0.1) is 18.7 Å². The zero-order chi connectivity index (χ0) is 26.6. The Kier molecular flexibility index (Phi) is 7.63. The van der Waals surface area contributed by atoms with E-state index in [1.165, 1.54) is 0 Å². The molecule has 3 aromatic rings. The van der Waals surface area contributed by atoms with Crippen molar-refractivity contribution >= 4 is 17.6 Å². The lowest BCUT2D eigenvalue weighted by Crippen LogP contribution is -2.50. The highest BCUT2D eigenvalue weighted by atomic mass is 16.5. The van der Waals surface area contributed by atoms with Crippen LogP contribution in [0.15, 0.2) is 66.9 Å². The molecule has 2 aliphatic rings. The van der Waals surface area contributed by atoms with Crippen LogP contribution in [0.25, 0.3) is 0 Å². The molecule has 5 rings (SSSR count). The number of rotatable bonds is 8. The molecule has 0 aliphatic carbocycles. The fraction of sp³-hybridized carbons (Fsp3) is 0.387. The topological polar surface area (TPSA) is 83.6 Å². The molecule has 38 heavy (non-hydrogen) atoms. The first-order valence-electron chi connectivity index (χ1n) is 13.5. The Bertz CT molecular complexity index is 1260. The Hall–Kier alpha value is -3.87. The molecule has 7 heteroatoms. The zero-order valence-corrected chi connectivity index (χ0v) is 22.3. The normalized spacial score (nSPS) is 21.0. The lowest BCUT2D eigenvalue weighted by molar-refractivity contribution is 0.0921. The Labute approximate surface area is 224 Å². The number of carbonyl (C=O) groups is 2. The van der Waals surface area contributed by atoms with E-state index >= 15 is 0 Å². The van der Waals surface area contributed by atoms with Crippen molar-refractivity contribution < 1.29 is 14.3 Å². The molecule has 7 nitrogen and oxygen atoms in total. The molecule has 4 atom stereocenters. The molecule has 2 amide bonds. The first-order valence-corrected chi connectivity index (χ1v) is 13.5. The predicted molar refractivity (Wildman–Crippen MR) is 149 cm³/mol. The van der Waals surface area contributed by atoms with Gasteiger partial charge in [0, 0.05) is 35.4 Å². The summed E-state index contributed by atoms with van der Waals surface area (Å²) in [7, 11) is 1.62. The third-order valence-electron chi connectivity index (χ3n) is 8.01. The zero-order valence-electron chi connectivity index (χ0n) is 22.3. The van der Waals surface area contributed by atoms with E-state index in [9.17, 15) is 9.59 Å². The van der Waals surface area contributed by atoms with Gasteiger partial charge in [-0.2, -0.15) is 0 Å². The highest BCUT2D eigenvalue weighted by molar-refractivity contribution is 5.96. The van der Waals surface area contributed by atoms with Crippen LogP contribution >= 0.6 is 0 Å². The van der Waals surface area contributed by atoms with Crippen LogP contribution in [0.5, 0.6) is 5.75 Å². The van der Waals surface area contributed by atoms with Gasteiger partial charge in [0.15, 0.2) is 0 Å². The number of hydrogen-bond donors (Lipinski definition) is 2. The van der Waals surface area contributed by atoms with Crippen LogP contribution in [0, 0.1) is 6.92 Å². The van der Waals surface area contributed by atoms with E-state index in [-0.39, 0.29) is 23.9 Å². The third kappa shape index (κ3) is 5.23. The Morgan fingerprint density at radius 1 is 1.00 bits per heavy atom. The van der Waals surface area contributed by atoms with Gasteiger partial charge in [0.25, 0.3) is 11.8 Å². The summed E-state index contributed by atoms with van der Waals surface area (Å²) >= 11 is 0. The second-order valence-corrected chi connectivity index (χ2v) is 10.3. The molecule has 1 aromatic heterocycles. The van der Waals surface area contributed by atoms with Crippen molar-refractivity contribution in [1.82, 2.24) is 15.6 Å². The van der Waals surface area contributed by atoms with Gasteiger partial charge < -0.3 is 20.3 Å². The Morgan fingerprint density at radius 2 is 1.74 bits per heavy atom. The van der Waals surface area contributed by atoms with E-state index in [1.807, 2.05) is 67.6 Å². The molecule has 2 N–H and O–H groups in total. The van der Waals surface area contributed by atoms with Gasteiger partial charge in [-0.25, -0.2) is 4.98 Å². The number of benzene rings is 2. The maximum atomic E-state index is 13.0. The van der Waals surface area contributed by atoms with Crippen molar-refractivity contribution in [3.63, 3.8) is 0 Å². The van der Waals surface area contributed by atoms with Gasteiger partial charge in [-0.05, 0) is 68.9 Å². The molecule has 2 aliphatic heterocycles. The lowest BCUT2D eigenvalue weighted by Gasteiger charge is -2.40. The molecule has 2 fully saturated rings. The van der Waals surface area contributed by atoms with Gasteiger partial charge in [-0.1, -0.05) is 43.3 Å². The summed E-state index contributed by atoms with van der Waals surface area (Å²) in [6.07, 6.45) is 6.41. The van der Waals surface area contributed by atoms with Gasteiger partial charge in [0.2, 0.25) is 0 Å². The van der Waals surface area contributed by atoms with E-state index in [2.05, 4.69) is 22.5 Å². The average Bonchev–Trinajstić information content (AvgIpc) is 3.22. The summed E-state index contributed by atoms with van der Waals surface area (Å²) in [4.78, 5) is 33.1. The first-order chi connectivity index (χ1) is 18.5. The number of piperidine rings is 1.